The van der Waals surface area contributed by atoms with Gasteiger partial charge in [-0.2, -0.15) is 0 Å². The van der Waals surface area contributed by atoms with Crippen molar-refractivity contribution < 1.29 is 9.53 Å². The van der Waals surface area contributed by atoms with Gasteiger partial charge in [-0.25, -0.2) is 9.97 Å². The number of benzene rings is 2. The van der Waals surface area contributed by atoms with Crippen LogP contribution in [0.4, 0.5) is 5.82 Å². The second-order valence-corrected chi connectivity index (χ2v) is 10.1. The maximum Gasteiger partial charge on any atom is 0.253 e. The van der Waals surface area contributed by atoms with Crippen molar-refractivity contribution in [3.8, 4) is 17.1 Å². The van der Waals surface area contributed by atoms with E-state index in [4.69, 9.17) is 9.72 Å². The van der Waals surface area contributed by atoms with Crippen LogP contribution in [-0.2, 0) is 13.0 Å². The highest BCUT2D eigenvalue weighted by atomic mass is 16.5. The van der Waals surface area contributed by atoms with E-state index >= 15 is 0 Å². The molecule has 194 valence electrons. The number of methoxy groups -OCH3 is 1. The molecule has 1 fully saturated rings. The largest absolute Gasteiger partial charge is 0.480 e. The highest BCUT2D eigenvalue weighted by molar-refractivity contribution is 5.96. The summed E-state index contributed by atoms with van der Waals surface area (Å²) < 4.78 is 5.16. The Hall–Kier alpha value is -4.11. The summed E-state index contributed by atoms with van der Waals surface area (Å²) in [5.41, 5.74) is 6.93. The van der Waals surface area contributed by atoms with Crippen molar-refractivity contribution in [1.82, 2.24) is 30.0 Å². The topological polar surface area (TPSA) is 87.6 Å². The van der Waals surface area contributed by atoms with Crippen molar-refractivity contribution in [2.24, 2.45) is 0 Å². The zero-order valence-electron chi connectivity index (χ0n) is 22.0. The third-order valence-corrected chi connectivity index (χ3v) is 7.61. The molecule has 9 heteroatoms. The lowest BCUT2D eigenvalue weighted by Crippen LogP contribution is -2.47. The average Bonchev–Trinajstić information content (AvgIpc) is 2.96. The first-order chi connectivity index (χ1) is 18.5. The number of aryl methyl sites for hydroxylation is 1. The fraction of sp³-hybridized carbons (Fsp3) is 0.345. The summed E-state index contributed by atoms with van der Waals surface area (Å²) in [5.74, 6) is 1.49. The van der Waals surface area contributed by atoms with Gasteiger partial charge in [0, 0.05) is 61.8 Å². The third kappa shape index (κ3) is 4.54. The number of anilines is 1. The molecule has 0 N–H and O–H groups in total. The van der Waals surface area contributed by atoms with Crippen molar-refractivity contribution >= 4 is 22.6 Å². The van der Waals surface area contributed by atoms with Gasteiger partial charge in [0.15, 0.2) is 0 Å². The van der Waals surface area contributed by atoms with E-state index < -0.39 is 0 Å². The molecule has 0 bridgehead atoms. The summed E-state index contributed by atoms with van der Waals surface area (Å²) in [6.45, 7) is 6.95. The van der Waals surface area contributed by atoms with Crippen LogP contribution in [0.25, 0.3) is 22.2 Å². The number of amides is 1. The smallest absolute Gasteiger partial charge is 0.253 e. The van der Waals surface area contributed by atoms with Gasteiger partial charge in [-0.15, -0.1) is 10.2 Å². The summed E-state index contributed by atoms with van der Waals surface area (Å²) in [4.78, 5) is 29.1. The van der Waals surface area contributed by atoms with E-state index in [2.05, 4.69) is 63.2 Å². The number of nitrogens with zero attached hydrogens (tertiary/aromatic N) is 7. The maximum absolute atomic E-state index is 13.2. The van der Waals surface area contributed by atoms with Crippen molar-refractivity contribution in [2.75, 3.05) is 51.8 Å². The Morgan fingerprint density at radius 3 is 2.53 bits per heavy atom. The minimum absolute atomic E-state index is 0.117. The van der Waals surface area contributed by atoms with Gasteiger partial charge in [0.25, 0.3) is 5.91 Å². The van der Waals surface area contributed by atoms with Crippen molar-refractivity contribution in [2.45, 2.75) is 19.9 Å². The Morgan fingerprint density at radius 1 is 0.921 bits per heavy atom. The number of likely N-dealkylation sites (N-methyl/N-ethyl adjacent to an activating group) is 1. The Morgan fingerprint density at radius 2 is 1.76 bits per heavy atom. The first-order valence-corrected chi connectivity index (χ1v) is 13.0. The molecule has 2 aliphatic rings. The van der Waals surface area contributed by atoms with Crippen LogP contribution < -0.4 is 9.64 Å². The number of hydrogen-bond donors (Lipinski definition) is 0. The SMILES string of the molecule is COc1ccc(-c2cc(C)c3ncnc(N4CCc5ccc(C(=O)N6CCN(C)CC6)cc5C4)c3c2)nn1. The number of carbonyl (C=O) groups excluding carboxylic acids is 1. The lowest BCUT2D eigenvalue weighted by molar-refractivity contribution is 0.0664. The van der Waals surface area contributed by atoms with E-state index in [0.29, 0.717) is 12.4 Å². The Balaban J connectivity index is 1.31. The minimum atomic E-state index is 0.117. The second kappa shape index (κ2) is 9.98. The molecule has 2 aromatic heterocycles. The molecule has 0 unspecified atom stereocenters. The lowest BCUT2D eigenvalue weighted by atomic mass is 9.96. The summed E-state index contributed by atoms with van der Waals surface area (Å²) >= 11 is 0. The fourth-order valence-electron chi connectivity index (χ4n) is 5.38. The molecule has 1 saturated heterocycles. The van der Waals surface area contributed by atoms with Gasteiger partial charge >= 0.3 is 0 Å². The molecule has 0 spiro atoms. The van der Waals surface area contributed by atoms with E-state index in [0.717, 1.165) is 78.2 Å². The Bertz CT molecular complexity index is 1500. The van der Waals surface area contributed by atoms with Gasteiger partial charge < -0.3 is 19.4 Å². The quantitative estimate of drug-likeness (QED) is 0.414. The average molecular weight is 510 g/mol. The predicted molar refractivity (Wildman–Crippen MR) is 146 cm³/mol. The molecule has 1 amide bonds. The van der Waals surface area contributed by atoms with Gasteiger partial charge in [-0.3, -0.25) is 4.79 Å². The zero-order valence-corrected chi connectivity index (χ0v) is 22.0. The molecule has 2 aliphatic heterocycles. The predicted octanol–water partition coefficient (Wildman–Crippen LogP) is 3.35. The van der Waals surface area contributed by atoms with Gasteiger partial charge in [0.1, 0.15) is 12.1 Å². The normalized spacial score (nSPS) is 16.0. The fourth-order valence-corrected chi connectivity index (χ4v) is 5.38. The van der Waals surface area contributed by atoms with E-state index in [1.54, 1.807) is 13.4 Å². The molecule has 0 radical (unpaired) electrons. The van der Waals surface area contributed by atoms with Crippen LogP contribution in [0.15, 0.2) is 48.8 Å². The van der Waals surface area contributed by atoms with Gasteiger partial charge in [0.05, 0.1) is 18.3 Å². The number of carbonyl (C=O) groups is 1. The molecule has 6 rings (SSSR count). The molecule has 2 aromatic carbocycles. The Kier molecular flexibility index (Phi) is 6.37. The summed E-state index contributed by atoms with van der Waals surface area (Å²) in [5, 5.41) is 9.45. The van der Waals surface area contributed by atoms with Crippen LogP contribution in [0.3, 0.4) is 0 Å². The molecular formula is C29H31N7O2. The van der Waals surface area contributed by atoms with Crippen LogP contribution in [0.1, 0.15) is 27.0 Å². The molecule has 4 aromatic rings. The zero-order chi connectivity index (χ0) is 26.2. The van der Waals surface area contributed by atoms with Crippen molar-refractivity contribution in [3.63, 3.8) is 0 Å². The van der Waals surface area contributed by atoms with Crippen LogP contribution >= 0.6 is 0 Å². The van der Waals surface area contributed by atoms with Crippen LogP contribution in [-0.4, -0.2) is 82.8 Å². The minimum Gasteiger partial charge on any atom is -0.480 e. The molecule has 0 aliphatic carbocycles. The monoisotopic (exact) mass is 509 g/mol. The number of piperazine rings is 1. The Labute approximate surface area is 222 Å². The van der Waals surface area contributed by atoms with E-state index in [1.807, 2.05) is 23.1 Å². The number of fused-ring (bicyclic) bond motifs is 2. The highest BCUT2D eigenvalue weighted by Gasteiger charge is 2.24. The van der Waals surface area contributed by atoms with Crippen LogP contribution in [0.5, 0.6) is 5.88 Å². The number of aromatic nitrogens is 4. The molecular weight excluding hydrogens is 478 g/mol. The van der Waals surface area contributed by atoms with Crippen LogP contribution in [0.2, 0.25) is 0 Å². The second-order valence-electron chi connectivity index (χ2n) is 10.1. The van der Waals surface area contributed by atoms with E-state index in [-0.39, 0.29) is 5.91 Å². The van der Waals surface area contributed by atoms with Crippen molar-refractivity contribution in [3.05, 3.63) is 71.0 Å². The van der Waals surface area contributed by atoms with Crippen molar-refractivity contribution in [1.29, 1.82) is 0 Å². The van der Waals surface area contributed by atoms with Gasteiger partial charge in [-0.1, -0.05) is 6.07 Å². The first kappa shape index (κ1) is 24.2. The standard InChI is InChI=1S/C29H31N7O2/c1-19-14-22(25-6-7-26(38-3)33-32-25)16-24-27(19)30-18-31-28(24)36-9-8-20-4-5-21(15-23(20)17-36)29(37)35-12-10-34(2)11-13-35/h4-7,14-16,18H,8-13,17H2,1-3H3. The van der Waals surface area contributed by atoms with E-state index in [9.17, 15) is 4.79 Å². The van der Waals surface area contributed by atoms with E-state index in [1.165, 1.54) is 11.1 Å². The molecule has 0 atom stereocenters. The number of ether oxygens (including phenoxy) is 1. The number of rotatable bonds is 4. The maximum atomic E-state index is 13.2. The van der Waals surface area contributed by atoms with Gasteiger partial charge in [-0.05, 0) is 67.4 Å². The summed E-state index contributed by atoms with van der Waals surface area (Å²) in [6, 6.07) is 14.1. The number of hydrogen-bond acceptors (Lipinski definition) is 8. The van der Waals surface area contributed by atoms with Crippen LogP contribution in [0, 0.1) is 6.92 Å². The summed E-state index contributed by atoms with van der Waals surface area (Å²) in [6.07, 6.45) is 2.53. The lowest BCUT2D eigenvalue weighted by Gasteiger charge is -2.33. The molecule has 38 heavy (non-hydrogen) atoms. The molecule has 4 heterocycles. The van der Waals surface area contributed by atoms with Gasteiger partial charge in [0.2, 0.25) is 5.88 Å². The molecule has 9 nitrogen and oxygen atoms in total. The highest BCUT2D eigenvalue weighted by Crippen LogP contribution is 2.33. The molecule has 0 saturated carbocycles. The summed E-state index contributed by atoms with van der Waals surface area (Å²) in [7, 11) is 3.68. The third-order valence-electron chi connectivity index (χ3n) is 7.61. The first-order valence-electron chi connectivity index (χ1n) is 13.0.